The molecule has 1 radical (unpaired) electrons. The molecule has 0 aromatic rings. The normalized spacial score (nSPS) is 14.2. The number of aliphatic hydroxyl groups excluding tert-OH is 2. The maximum absolute atomic E-state index is 9.87. The van der Waals surface area contributed by atoms with Crippen molar-refractivity contribution in [2.75, 3.05) is 0 Å². The van der Waals surface area contributed by atoms with E-state index >= 15 is 0 Å². The van der Waals surface area contributed by atoms with Crippen molar-refractivity contribution in [3.63, 3.8) is 0 Å². The molecule has 0 fully saturated rings. The van der Waals surface area contributed by atoms with E-state index in [4.69, 9.17) is 6.58 Å². The minimum atomic E-state index is -0.235. The Morgan fingerprint density at radius 3 is 1.75 bits per heavy atom. The Kier molecular flexibility index (Phi) is 14.8. The summed E-state index contributed by atoms with van der Waals surface area (Å²) < 4.78 is 0. The second-order valence-corrected chi connectivity index (χ2v) is 5.96. The van der Waals surface area contributed by atoms with Crippen LogP contribution in [0.25, 0.3) is 0 Å². The number of unbranched alkanes of at least 4 members (excludes halogenated alkanes) is 7. The smallest absolute Gasteiger partial charge is 0.0541 e. The standard InChI is InChI=1S/C18H35O2/c1-3-5-7-9-10-12-14-18(20)16-15-17(19)13-11-8-6-4-2/h1,3,17-20H,4-16H2,2H3. The van der Waals surface area contributed by atoms with Gasteiger partial charge in [0.1, 0.15) is 0 Å². The summed E-state index contributed by atoms with van der Waals surface area (Å²) in [5, 5.41) is 19.7. The highest BCUT2D eigenvalue weighted by Crippen LogP contribution is 2.14. The molecule has 0 rings (SSSR count). The van der Waals surface area contributed by atoms with Crippen molar-refractivity contribution >= 4 is 0 Å². The zero-order valence-electron chi connectivity index (χ0n) is 13.4. The van der Waals surface area contributed by atoms with E-state index in [1.54, 1.807) is 6.08 Å². The SMILES string of the molecule is [CH]=CCCCCCCC(O)CCC(O)CCCCCC. The zero-order chi connectivity index (χ0) is 15.1. The molecule has 0 aliphatic rings. The first kappa shape index (κ1) is 19.7. The second-order valence-electron chi connectivity index (χ2n) is 5.96. The highest BCUT2D eigenvalue weighted by Gasteiger charge is 2.09. The number of hydrogen-bond donors (Lipinski definition) is 2. The third kappa shape index (κ3) is 14.1. The number of rotatable bonds is 15. The minimum absolute atomic E-state index is 0.221. The average molecular weight is 283 g/mol. The van der Waals surface area contributed by atoms with Crippen molar-refractivity contribution in [2.24, 2.45) is 0 Å². The van der Waals surface area contributed by atoms with E-state index in [1.807, 2.05) is 0 Å². The molecule has 0 spiro atoms. The number of aliphatic hydroxyl groups is 2. The van der Waals surface area contributed by atoms with Crippen molar-refractivity contribution in [3.05, 3.63) is 12.7 Å². The molecule has 119 valence electrons. The van der Waals surface area contributed by atoms with Gasteiger partial charge in [0.05, 0.1) is 12.2 Å². The Bertz CT molecular complexity index is 204. The first-order chi connectivity index (χ1) is 9.70. The van der Waals surface area contributed by atoms with Gasteiger partial charge in [-0.1, -0.05) is 64.5 Å². The Morgan fingerprint density at radius 1 is 0.750 bits per heavy atom. The topological polar surface area (TPSA) is 40.5 Å². The van der Waals surface area contributed by atoms with Crippen LogP contribution >= 0.6 is 0 Å². The van der Waals surface area contributed by atoms with Gasteiger partial charge in [-0.15, -0.1) is 0 Å². The second kappa shape index (κ2) is 15.1. The molecule has 0 aromatic heterocycles. The summed E-state index contributed by atoms with van der Waals surface area (Å²) in [6, 6.07) is 0. The van der Waals surface area contributed by atoms with E-state index in [0.29, 0.717) is 0 Å². The molecule has 2 N–H and O–H groups in total. The summed E-state index contributed by atoms with van der Waals surface area (Å²) in [6.07, 6.45) is 14.9. The molecule has 2 heteroatoms. The first-order valence-corrected chi connectivity index (χ1v) is 8.60. The van der Waals surface area contributed by atoms with E-state index in [-0.39, 0.29) is 12.2 Å². The summed E-state index contributed by atoms with van der Waals surface area (Å²) >= 11 is 0. The molecule has 0 saturated carbocycles. The fraction of sp³-hybridized carbons (Fsp3) is 0.889. The van der Waals surface area contributed by atoms with Crippen LogP contribution in [0.2, 0.25) is 0 Å². The van der Waals surface area contributed by atoms with Gasteiger partial charge in [-0.3, -0.25) is 0 Å². The van der Waals surface area contributed by atoms with Gasteiger partial charge in [-0.25, -0.2) is 0 Å². The van der Waals surface area contributed by atoms with Crippen LogP contribution in [0, 0.1) is 6.58 Å². The van der Waals surface area contributed by atoms with Crippen molar-refractivity contribution < 1.29 is 10.2 Å². The van der Waals surface area contributed by atoms with E-state index < -0.39 is 0 Å². The van der Waals surface area contributed by atoms with Gasteiger partial charge < -0.3 is 10.2 Å². The Labute approximate surface area is 126 Å². The molecular weight excluding hydrogens is 248 g/mol. The highest BCUT2D eigenvalue weighted by atomic mass is 16.3. The molecular formula is C18H35O2. The summed E-state index contributed by atoms with van der Waals surface area (Å²) in [4.78, 5) is 0. The van der Waals surface area contributed by atoms with E-state index in [2.05, 4.69) is 6.92 Å². The lowest BCUT2D eigenvalue weighted by Gasteiger charge is -2.14. The van der Waals surface area contributed by atoms with Gasteiger partial charge in [-0.05, 0) is 38.5 Å². The summed E-state index contributed by atoms with van der Waals surface area (Å²) in [5.74, 6) is 0. The Morgan fingerprint density at radius 2 is 1.25 bits per heavy atom. The third-order valence-corrected chi connectivity index (χ3v) is 3.88. The summed E-state index contributed by atoms with van der Waals surface area (Å²) in [5.41, 5.74) is 0. The molecule has 0 amide bonds. The van der Waals surface area contributed by atoms with Crippen LogP contribution in [-0.4, -0.2) is 22.4 Å². The van der Waals surface area contributed by atoms with Gasteiger partial charge in [0.2, 0.25) is 0 Å². The largest absolute Gasteiger partial charge is 0.393 e. The molecule has 20 heavy (non-hydrogen) atoms. The molecule has 2 unspecified atom stereocenters. The molecule has 0 heterocycles. The molecule has 0 saturated heterocycles. The number of hydrogen-bond acceptors (Lipinski definition) is 2. The number of allylic oxidation sites excluding steroid dienone is 1. The highest BCUT2D eigenvalue weighted by molar-refractivity contribution is 4.64. The molecule has 2 nitrogen and oxygen atoms in total. The predicted molar refractivity (Wildman–Crippen MR) is 86.6 cm³/mol. The van der Waals surface area contributed by atoms with Crippen molar-refractivity contribution in [1.82, 2.24) is 0 Å². The van der Waals surface area contributed by atoms with Crippen molar-refractivity contribution in [3.8, 4) is 0 Å². The van der Waals surface area contributed by atoms with Gasteiger partial charge in [0, 0.05) is 0 Å². The summed E-state index contributed by atoms with van der Waals surface area (Å²) in [7, 11) is 0. The monoisotopic (exact) mass is 283 g/mol. The van der Waals surface area contributed by atoms with Crippen LogP contribution in [0.15, 0.2) is 6.08 Å². The molecule has 0 aliphatic heterocycles. The predicted octanol–water partition coefficient (Wildman–Crippen LogP) is 4.79. The fourth-order valence-electron chi connectivity index (χ4n) is 2.48. The van der Waals surface area contributed by atoms with E-state index in [9.17, 15) is 10.2 Å². The zero-order valence-corrected chi connectivity index (χ0v) is 13.4. The van der Waals surface area contributed by atoms with Crippen LogP contribution in [0.3, 0.4) is 0 Å². The van der Waals surface area contributed by atoms with Crippen LogP contribution in [0.1, 0.15) is 90.4 Å². The Balaban J connectivity index is 3.33. The molecule has 2 atom stereocenters. The molecule has 0 aromatic carbocycles. The lowest BCUT2D eigenvalue weighted by Crippen LogP contribution is -2.13. The summed E-state index contributed by atoms with van der Waals surface area (Å²) in [6.45, 7) is 7.52. The maximum Gasteiger partial charge on any atom is 0.0541 e. The van der Waals surface area contributed by atoms with E-state index in [1.165, 1.54) is 32.1 Å². The van der Waals surface area contributed by atoms with Gasteiger partial charge >= 0.3 is 0 Å². The van der Waals surface area contributed by atoms with Crippen LogP contribution in [-0.2, 0) is 0 Å². The van der Waals surface area contributed by atoms with Gasteiger partial charge in [-0.2, -0.15) is 0 Å². The maximum atomic E-state index is 9.87. The first-order valence-electron chi connectivity index (χ1n) is 8.60. The van der Waals surface area contributed by atoms with Crippen molar-refractivity contribution in [1.29, 1.82) is 0 Å². The van der Waals surface area contributed by atoms with E-state index in [0.717, 1.165) is 51.4 Å². The van der Waals surface area contributed by atoms with Crippen LogP contribution in [0.5, 0.6) is 0 Å². The fourth-order valence-corrected chi connectivity index (χ4v) is 2.48. The van der Waals surface area contributed by atoms with Crippen LogP contribution < -0.4 is 0 Å². The average Bonchev–Trinajstić information content (AvgIpc) is 2.45. The lowest BCUT2D eigenvalue weighted by atomic mass is 10.0. The third-order valence-electron chi connectivity index (χ3n) is 3.88. The van der Waals surface area contributed by atoms with Gasteiger partial charge in [0.15, 0.2) is 0 Å². The lowest BCUT2D eigenvalue weighted by molar-refractivity contribution is 0.101. The minimum Gasteiger partial charge on any atom is -0.393 e. The van der Waals surface area contributed by atoms with Crippen LogP contribution in [0.4, 0.5) is 0 Å². The molecule has 0 aliphatic carbocycles. The Hall–Kier alpha value is -0.340. The van der Waals surface area contributed by atoms with Gasteiger partial charge in [0.25, 0.3) is 0 Å². The quantitative estimate of drug-likeness (QED) is 0.424. The molecule has 0 bridgehead atoms. The van der Waals surface area contributed by atoms with Crippen molar-refractivity contribution in [2.45, 2.75) is 103 Å².